The van der Waals surface area contributed by atoms with E-state index in [9.17, 15) is 0 Å². The monoisotopic (exact) mass is 560 g/mol. The third kappa shape index (κ3) is 3.11. The predicted octanol–water partition coefficient (Wildman–Crippen LogP) is 10.5. The molecule has 9 aromatic rings. The van der Waals surface area contributed by atoms with Crippen LogP contribution in [0.2, 0.25) is 0 Å². The van der Waals surface area contributed by atoms with E-state index in [1.807, 2.05) is 0 Å². The largest absolute Gasteiger partial charge is 0.309 e. The number of rotatable bonds is 2. The van der Waals surface area contributed by atoms with Gasteiger partial charge in [0.25, 0.3) is 0 Å². The topological polar surface area (TPSA) is 34.0 Å². The van der Waals surface area contributed by atoms with E-state index in [0.717, 1.165) is 50.3 Å². The molecular formula is C40H24N4. The number of aromatic nitrogens is 3. The van der Waals surface area contributed by atoms with Crippen molar-refractivity contribution in [2.45, 2.75) is 0 Å². The fourth-order valence-corrected chi connectivity index (χ4v) is 7.25. The van der Waals surface area contributed by atoms with Crippen LogP contribution >= 0.6 is 0 Å². The maximum atomic E-state index is 5.43. The molecule has 0 unspecified atom stereocenters. The second-order valence-electron chi connectivity index (χ2n) is 11.4. The summed E-state index contributed by atoms with van der Waals surface area (Å²) in [4.78, 5) is 13.1. The molecule has 0 fully saturated rings. The molecule has 0 N–H and O–H groups in total. The fourth-order valence-electron chi connectivity index (χ4n) is 7.25. The molecule has 0 atom stereocenters. The van der Waals surface area contributed by atoms with Gasteiger partial charge in [0.15, 0.2) is 0 Å². The molecule has 0 aliphatic carbocycles. The van der Waals surface area contributed by atoms with Crippen LogP contribution in [0.25, 0.3) is 71.5 Å². The number of fused-ring (bicyclic) bond motifs is 9. The van der Waals surface area contributed by atoms with E-state index in [4.69, 9.17) is 9.97 Å². The van der Waals surface area contributed by atoms with Gasteiger partial charge in [-0.05, 0) is 64.0 Å². The zero-order valence-corrected chi connectivity index (χ0v) is 23.6. The number of hydrogen-bond acceptors (Lipinski definition) is 3. The number of benzene rings is 7. The maximum absolute atomic E-state index is 5.43. The minimum atomic E-state index is 0.679. The Morgan fingerprint density at radius 1 is 0.432 bits per heavy atom. The smallest absolute Gasteiger partial charge is 0.235 e. The van der Waals surface area contributed by atoms with Crippen molar-refractivity contribution in [1.29, 1.82) is 0 Å². The van der Waals surface area contributed by atoms with Gasteiger partial charge in [-0.2, -0.15) is 0 Å². The summed E-state index contributed by atoms with van der Waals surface area (Å²) < 4.78 is 2.26. The summed E-state index contributed by atoms with van der Waals surface area (Å²) in [5.41, 5.74) is 8.51. The molecule has 3 heterocycles. The molecule has 0 saturated carbocycles. The second-order valence-corrected chi connectivity index (χ2v) is 11.4. The summed E-state index contributed by atoms with van der Waals surface area (Å²) in [6.45, 7) is 0. The average Bonchev–Trinajstić information content (AvgIpc) is 3.44. The van der Waals surface area contributed by atoms with Gasteiger partial charge in [-0.1, -0.05) is 103 Å². The summed E-state index contributed by atoms with van der Waals surface area (Å²) in [7, 11) is 0. The van der Waals surface area contributed by atoms with Crippen molar-refractivity contribution in [3.63, 3.8) is 0 Å². The SMILES string of the molecule is c1ccc(N2c3ccccc3-c3nc(-n4c5ccc6ccccc6c5c5c6ccccc6ccc54)nc4cccc2c34)cc1. The zero-order valence-electron chi connectivity index (χ0n) is 23.6. The average molecular weight is 561 g/mol. The standard InChI is InChI=1S/C40H24N4/c1-2-13-27(14-3-1)43-32-19-9-8-17-30(32)39-38-31(18-10-20-33(38)43)41-40(42-39)44-34-23-21-25-11-4-6-15-28(25)36(34)37-29-16-7-5-12-26(29)22-24-35(37)44/h1-24H. The Balaban J connectivity index is 1.35. The van der Waals surface area contributed by atoms with Crippen molar-refractivity contribution < 1.29 is 0 Å². The molecule has 0 bridgehead atoms. The minimum Gasteiger partial charge on any atom is -0.309 e. The Morgan fingerprint density at radius 2 is 1.05 bits per heavy atom. The van der Waals surface area contributed by atoms with Crippen molar-refractivity contribution in [2.75, 3.05) is 4.90 Å². The lowest BCUT2D eigenvalue weighted by Crippen LogP contribution is -2.16. The molecule has 204 valence electrons. The van der Waals surface area contributed by atoms with Crippen molar-refractivity contribution >= 4 is 71.3 Å². The van der Waals surface area contributed by atoms with E-state index < -0.39 is 0 Å². The summed E-state index contributed by atoms with van der Waals surface area (Å²) in [6, 6.07) is 51.7. The molecule has 2 aromatic heterocycles. The summed E-state index contributed by atoms with van der Waals surface area (Å²) >= 11 is 0. The van der Waals surface area contributed by atoms with Crippen LogP contribution in [0.5, 0.6) is 0 Å². The van der Waals surface area contributed by atoms with Crippen molar-refractivity contribution in [3.8, 4) is 17.2 Å². The highest BCUT2D eigenvalue weighted by atomic mass is 15.2. The van der Waals surface area contributed by atoms with E-state index >= 15 is 0 Å². The molecule has 10 rings (SSSR count). The molecule has 4 nitrogen and oxygen atoms in total. The van der Waals surface area contributed by atoms with Crippen LogP contribution in [-0.2, 0) is 0 Å². The van der Waals surface area contributed by atoms with E-state index in [0.29, 0.717) is 5.95 Å². The second kappa shape index (κ2) is 8.76. The lowest BCUT2D eigenvalue weighted by molar-refractivity contribution is 1.01. The van der Waals surface area contributed by atoms with Crippen LogP contribution in [0.15, 0.2) is 146 Å². The van der Waals surface area contributed by atoms with Crippen molar-refractivity contribution in [3.05, 3.63) is 146 Å². The Hall–Kier alpha value is -6.00. The molecule has 44 heavy (non-hydrogen) atoms. The molecule has 1 aliphatic heterocycles. The Morgan fingerprint density at radius 3 is 1.77 bits per heavy atom. The zero-order chi connectivity index (χ0) is 28.8. The van der Waals surface area contributed by atoms with E-state index in [-0.39, 0.29) is 0 Å². The normalized spacial score (nSPS) is 12.5. The molecule has 7 aromatic carbocycles. The van der Waals surface area contributed by atoms with Gasteiger partial charge in [0.1, 0.15) is 0 Å². The van der Waals surface area contributed by atoms with Crippen LogP contribution in [0.1, 0.15) is 0 Å². The molecule has 1 aliphatic rings. The molecular weight excluding hydrogens is 536 g/mol. The van der Waals surface area contributed by atoms with Crippen LogP contribution in [0, 0.1) is 0 Å². The third-order valence-electron chi connectivity index (χ3n) is 9.09. The first kappa shape index (κ1) is 23.6. The van der Waals surface area contributed by atoms with Gasteiger partial charge in [0.05, 0.1) is 39.0 Å². The van der Waals surface area contributed by atoms with Gasteiger partial charge in [-0.3, -0.25) is 4.57 Å². The molecule has 4 heteroatoms. The summed E-state index contributed by atoms with van der Waals surface area (Å²) in [5.74, 6) is 0.679. The maximum Gasteiger partial charge on any atom is 0.235 e. The van der Waals surface area contributed by atoms with Crippen molar-refractivity contribution in [1.82, 2.24) is 14.5 Å². The molecule has 0 radical (unpaired) electrons. The quantitative estimate of drug-likeness (QED) is 0.211. The fraction of sp³-hybridized carbons (Fsp3) is 0. The lowest BCUT2D eigenvalue weighted by atomic mass is 9.96. The van der Waals surface area contributed by atoms with Crippen LogP contribution in [0.3, 0.4) is 0 Å². The molecule has 0 amide bonds. The first-order valence-corrected chi connectivity index (χ1v) is 14.9. The first-order chi connectivity index (χ1) is 21.8. The van der Waals surface area contributed by atoms with Gasteiger partial charge < -0.3 is 4.90 Å². The van der Waals surface area contributed by atoms with Crippen LogP contribution in [-0.4, -0.2) is 14.5 Å². The Bertz CT molecular complexity index is 2520. The molecule has 0 saturated heterocycles. The third-order valence-corrected chi connectivity index (χ3v) is 9.09. The lowest BCUT2D eigenvalue weighted by Gasteiger charge is -2.32. The minimum absolute atomic E-state index is 0.679. The number of nitrogens with zero attached hydrogens (tertiary/aromatic N) is 4. The van der Waals surface area contributed by atoms with Gasteiger partial charge >= 0.3 is 0 Å². The highest BCUT2D eigenvalue weighted by Gasteiger charge is 2.28. The number of para-hydroxylation sites is 2. The highest BCUT2D eigenvalue weighted by Crippen LogP contribution is 2.50. The van der Waals surface area contributed by atoms with Gasteiger partial charge in [0.2, 0.25) is 5.95 Å². The predicted molar refractivity (Wildman–Crippen MR) is 183 cm³/mol. The van der Waals surface area contributed by atoms with Gasteiger partial charge in [0, 0.05) is 22.0 Å². The van der Waals surface area contributed by atoms with E-state index in [1.165, 1.54) is 32.3 Å². The summed E-state index contributed by atoms with van der Waals surface area (Å²) in [5, 5.41) is 8.45. The summed E-state index contributed by atoms with van der Waals surface area (Å²) in [6.07, 6.45) is 0. The van der Waals surface area contributed by atoms with E-state index in [2.05, 4.69) is 155 Å². The van der Waals surface area contributed by atoms with Gasteiger partial charge in [-0.25, -0.2) is 9.97 Å². The van der Waals surface area contributed by atoms with Crippen LogP contribution in [0.4, 0.5) is 17.1 Å². The molecule has 0 spiro atoms. The number of hydrogen-bond donors (Lipinski definition) is 0. The Kier molecular flexibility index (Phi) is 4.69. The van der Waals surface area contributed by atoms with Crippen LogP contribution < -0.4 is 4.90 Å². The number of anilines is 3. The highest BCUT2D eigenvalue weighted by molar-refractivity contribution is 6.28. The Labute approximate surface area is 253 Å². The van der Waals surface area contributed by atoms with Gasteiger partial charge in [-0.15, -0.1) is 0 Å². The first-order valence-electron chi connectivity index (χ1n) is 14.9. The van der Waals surface area contributed by atoms with E-state index in [1.54, 1.807) is 0 Å². The van der Waals surface area contributed by atoms with Crippen molar-refractivity contribution in [2.24, 2.45) is 0 Å².